The molecule has 2 aromatic rings. The van der Waals surface area contributed by atoms with E-state index >= 15 is 0 Å². The zero-order chi connectivity index (χ0) is 15.4. The summed E-state index contributed by atoms with van der Waals surface area (Å²) in [6, 6.07) is 2.20. The van der Waals surface area contributed by atoms with E-state index in [1.54, 1.807) is 0 Å². The molecule has 2 heterocycles. The van der Waals surface area contributed by atoms with Crippen LogP contribution in [0.5, 0.6) is 6.01 Å². The molecule has 0 amide bonds. The van der Waals surface area contributed by atoms with Crippen molar-refractivity contribution in [2.45, 2.75) is 40.2 Å². The van der Waals surface area contributed by atoms with Gasteiger partial charge in [0.05, 0.1) is 12.6 Å². The van der Waals surface area contributed by atoms with Crippen LogP contribution >= 0.6 is 11.6 Å². The quantitative estimate of drug-likeness (QED) is 0.877. The Morgan fingerprint density at radius 1 is 1.33 bits per heavy atom. The zero-order valence-corrected chi connectivity index (χ0v) is 13.4. The van der Waals surface area contributed by atoms with Gasteiger partial charge in [-0.25, -0.2) is 0 Å². The van der Waals surface area contributed by atoms with Gasteiger partial charge in [-0.3, -0.25) is 0 Å². The van der Waals surface area contributed by atoms with E-state index in [9.17, 15) is 0 Å². The monoisotopic (exact) mass is 310 g/mol. The molecule has 7 heteroatoms. The van der Waals surface area contributed by atoms with Crippen molar-refractivity contribution in [2.75, 3.05) is 11.9 Å². The number of halogens is 1. The van der Waals surface area contributed by atoms with Gasteiger partial charge in [-0.1, -0.05) is 6.92 Å². The molecule has 0 aromatic carbocycles. The molecule has 0 saturated carbocycles. The summed E-state index contributed by atoms with van der Waals surface area (Å²) in [5.41, 5.74) is 1.06. The first kappa shape index (κ1) is 15.6. The van der Waals surface area contributed by atoms with Crippen molar-refractivity contribution < 1.29 is 9.15 Å². The van der Waals surface area contributed by atoms with E-state index in [0.29, 0.717) is 12.6 Å². The number of nitrogens with one attached hydrogen (secondary N) is 1. The number of nitrogens with zero attached hydrogens (tertiary/aromatic N) is 3. The van der Waals surface area contributed by atoms with Gasteiger partial charge in [0.1, 0.15) is 11.5 Å². The van der Waals surface area contributed by atoms with E-state index in [4.69, 9.17) is 20.8 Å². The van der Waals surface area contributed by atoms with E-state index in [1.807, 2.05) is 33.8 Å². The fraction of sp³-hybridized carbons (Fsp3) is 0.500. The van der Waals surface area contributed by atoms with Crippen molar-refractivity contribution >= 4 is 17.5 Å². The zero-order valence-electron chi connectivity index (χ0n) is 12.6. The molecular weight excluding hydrogens is 292 g/mol. The number of ether oxygens (including phenoxy) is 1. The van der Waals surface area contributed by atoms with Gasteiger partial charge in [0.15, 0.2) is 0 Å². The second kappa shape index (κ2) is 6.76. The molecule has 0 aliphatic heterocycles. The van der Waals surface area contributed by atoms with Crippen LogP contribution in [0.25, 0.3) is 0 Å². The van der Waals surface area contributed by atoms with Gasteiger partial charge in [0.25, 0.3) is 0 Å². The second-order valence-corrected chi connectivity index (χ2v) is 5.13. The Hall–Kier alpha value is -1.82. The van der Waals surface area contributed by atoms with Crippen LogP contribution in [0.2, 0.25) is 5.28 Å². The molecule has 1 N–H and O–H groups in total. The summed E-state index contributed by atoms with van der Waals surface area (Å²) in [6.45, 7) is 8.39. The summed E-state index contributed by atoms with van der Waals surface area (Å²) in [5, 5.41) is 3.29. The maximum atomic E-state index is 5.89. The first-order valence-electron chi connectivity index (χ1n) is 6.87. The molecule has 0 bridgehead atoms. The molecule has 6 nitrogen and oxygen atoms in total. The first-order chi connectivity index (χ1) is 9.99. The molecular formula is C14H19ClN4O2. The summed E-state index contributed by atoms with van der Waals surface area (Å²) in [7, 11) is 0. The van der Waals surface area contributed by atoms with Crippen molar-refractivity contribution in [3.63, 3.8) is 0 Å². The summed E-state index contributed by atoms with van der Waals surface area (Å²) >= 11 is 5.89. The smallest absolute Gasteiger partial charge is 0.322 e. The lowest BCUT2D eigenvalue weighted by Gasteiger charge is -2.13. The molecule has 114 valence electrons. The van der Waals surface area contributed by atoms with E-state index in [1.165, 1.54) is 0 Å². The number of aryl methyl sites for hydroxylation is 2. The highest BCUT2D eigenvalue weighted by Gasteiger charge is 2.15. The number of anilines is 1. The minimum absolute atomic E-state index is 0.0139. The molecule has 21 heavy (non-hydrogen) atoms. The Balaban J connectivity index is 2.14. The minimum Gasteiger partial charge on any atom is -0.466 e. The Bertz CT molecular complexity index is 615. The lowest BCUT2D eigenvalue weighted by molar-refractivity contribution is 0.291. The van der Waals surface area contributed by atoms with Gasteiger partial charge in [0, 0.05) is 5.56 Å². The Morgan fingerprint density at radius 3 is 2.71 bits per heavy atom. The molecule has 0 fully saturated rings. The van der Waals surface area contributed by atoms with Gasteiger partial charge in [0.2, 0.25) is 11.2 Å². The highest BCUT2D eigenvalue weighted by molar-refractivity contribution is 6.28. The lowest BCUT2D eigenvalue weighted by atomic mass is 10.1. The number of furan rings is 1. The predicted octanol–water partition coefficient (Wildman–Crippen LogP) is 3.70. The van der Waals surface area contributed by atoms with E-state index in [-0.39, 0.29) is 17.3 Å². The fourth-order valence-electron chi connectivity index (χ4n) is 2.01. The van der Waals surface area contributed by atoms with Crippen LogP contribution in [-0.4, -0.2) is 21.6 Å². The summed E-state index contributed by atoms with van der Waals surface area (Å²) in [4.78, 5) is 12.2. The standard InChI is InChI=1S/C14H19ClN4O2/c1-5-6-20-14-18-12(15)17-13(19-14)16-9(3)11-7-8(2)21-10(11)4/h7,9H,5-6H2,1-4H3,(H,16,17,18,19). The van der Waals surface area contributed by atoms with Crippen LogP contribution in [0.4, 0.5) is 5.95 Å². The number of hydrogen-bond donors (Lipinski definition) is 1. The third kappa shape index (κ3) is 4.07. The predicted molar refractivity (Wildman–Crippen MR) is 80.8 cm³/mol. The minimum atomic E-state index is -0.0139. The SMILES string of the molecule is CCCOc1nc(Cl)nc(NC(C)c2cc(C)oc2C)n1. The third-order valence-electron chi connectivity index (χ3n) is 2.91. The molecule has 2 aromatic heterocycles. The van der Waals surface area contributed by atoms with E-state index < -0.39 is 0 Å². The second-order valence-electron chi connectivity index (χ2n) is 4.79. The number of hydrogen-bond acceptors (Lipinski definition) is 6. The summed E-state index contributed by atoms with van der Waals surface area (Å²) < 4.78 is 10.9. The first-order valence-corrected chi connectivity index (χ1v) is 7.25. The van der Waals surface area contributed by atoms with Gasteiger partial charge < -0.3 is 14.5 Å². The summed E-state index contributed by atoms with van der Waals surface area (Å²) in [6.07, 6.45) is 0.871. The molecule has 1 unspecified atom stereocenters. The van der Waals surface area contributed by atoms with Crippen molar-refractivity contribution in [1.29, 1.82) is 0 Å². The molecule has 0 aliphatic rings. The van der Waals surface area contributed by atoms with Crippen molar-refractivity contribution in [1.82, 2.24) is 15.0 Å². The van der Waals surface area contributed by atoms with Crippen LogP contribution < -0.4 is 10.1 Å². The fourth-order valence-corrected chi connectivity index (χ4v) is 2.16. The van der Waals surface area contributed by atoms with E-state index in [2.05, 4.69) is 20.3 Å². The Labute approximate surface area is 128 Å². The molecule has 0 saturated heterocycles. The van der Waals surface area contributed by atoms with Crippen LogP contribution in [0.15, 0.2) is 10.5 Å². The lowest BCUT2D eigenvalue weighted by Crippen LogP contribution is -2.11. The van der Waals surface area contributed by atoms with Crippen LogP contribution in [0.1, 0.15) is 43.4 Å². The maximum Gasteiger partial charge on any atom is 0.322 e. The van der Waals surface area contributed by atoms with Gasteiger partial charge in [-0.15, -0.1) is 0 Å². The molecule has 0 radical (unpaired) electrons. The molecule has 1 atom stereocenters. The normalized spacial score (nSPS) is 12.2. The van der Waals surface area contributed by atoms with Crippen LogP contribution in [0.3, 0.4) is 0 Å². The number of rotatable bonds is 6. The molecule has 0 aliphatic carbocycles. The Morgan fingerprint density at radius 2 is 2.10 bits per heavy atom. The average Bonchev–Trinajstić information content (AvgIpc) is 2.75. The van der Waals surface area contributed by atoms with Crippen molar-refractivity contribution in [3.05, 3.63) is 28.4 Å². The summed E-state index contributed by atoms with van der Waals surface area (Å²) in [5.74, 6) is 2.12. The van der Waals surface area contributed by atoms with Crippen LogP contribution in [0, 0.1) is 13.8 Å². The topological polar surface area (TPSA) is 73.1 Å². The molecule has 2 rings (SSSR count). The van der Waals surface area contributed by atoms with Crippen molar-refractivity contribution in [2.24, 2.45) is 0 Å². The maximum absolute atomic E-state index is 5.89. The highest BCUT2D eigenvalue weighted by Crippen LogP contribution is 2.24. The highest BCUT2D eigenvalue weighted by atomic mass is 35.5. The van der Waals surface area contributed by atoms with Gasteiger partial charge in [-0.05, 0) is 44.9 Å². The largest absolute Gasteiger partial charge is 0.466 e. The van der Waals surface area contributed by atoms with Gasteiger partial charge in [-0.2, -0.15) is 15.0 Å². The van der Waals surface area contributed by atoms with Crippen LogP contribution in [-0.2, 0) is 0 Å². The van der Waals surface area contributed by atoms with Gasteiger partial charge >= 0.3 is 6.01 Å². The number of aromatic nitrogens is 3. The molecule has 0 spiro atoms. The average molecular weight is 311 g/mol. The third-order valence-corrected chi connectivity index (χ3v) is 3.08. The van der Waals surface area contributed by atoms with E-state index in [0.717, 1.165) is 23.5 Å². The van der Waals surface area contributed by atoms with Crippen molar-refractivity contribution in [3.8, 4) is 6.01 Å². The Kier molecular flexibility index (Phi) is 5.01.